The number of carbonyl (C=O) groups excluding carboxylic acids is 1. The number of hydrogen-bond acceptors (Lipinski definition) is 4. The van der Waals surface area contributed by atoms with Gasteiger partial charge in [-0.3, -0.25) is 9.52 Å². The summed E-state index contributed by atoms with van der Waals surface area (Å²) in [6.45, 7) is 4.04. The normalized spacial score (nSPS) is 16.8. The Morgan fingerprint density at radius 2 is 1.83 bits per heavy atom. The molecule has 2 aromatic carbocycles. The van der Waals surface area contributed by atoms with Crippen LogP contribution < -0.4 is 4.72 Å². The molecule has 1 N–H and O–H groups in total. The van der Waals surface area contributed by atoms with Crippen LogP contribution in [0.25, 0.3) is 0 Å². The van der Waals surface area contributed by atoms with Crippen LogP contribution in [0.15, 0.2) is 59.7 Å². The number of benzene rings is 2. The molecule has 0 spiro atoms. The van der Waals surface area contributed by atoms with Crippen molar-refractivity contribution in [3.05, 3.63) is 65.7 Å². The number of nitrogens with one attached hydrogen (secondary N) is 1. The zero-order valence-corrected chi connectivity index (χ0v) is 17.8. The van der Waals surface area contributed by atoms with Crippen LogP contribution in [0.1, 0.15) is 50.3 Å². The summed E-state index contributed by atoms with van der Waals surface area (Å²) >= 11 is 0. The van der Waals surface area contributed by atoms with Crippen molar-refractivity contribution >= 4 is 27.3 Å². The fraction of sp³-hybridized carbons (Fsp3) is 0.364. The first-order valence-corrected chi connectivity index (χ1v) is 11.7. The summed E-state index contributed by atoms with van der Waals surface area (Å²) in [7, 11) is -3.37. The van der Waals surface area contributed by atoms with E-state index in [9.17, 15) is 13.2 Å². The van der Waals surface area contributed by atoms with E-state index in [2.05, 4.69) is 4.72 Å². The molecule has 1 atom stereocenters. The van der Waals surface area contributed by atoms with Crippen LogP contribution in [0.2, 0.25) is 0 Å². The molecule has 0 radical (unpaired) electrons. The number of hydrogen-bond donors (Lipinski definition) is 1. The molecule has 1 heterocycles. The molecule has 6 nitrogen and oxygen atoms in total. The van der Waals surface area contributed by atoms with E-state index < -0.39 is 10.0 Å². The van der Waals surface area contributed by atoms with Crippen LogP contribution >= 0.6 is 0 Å². The van der Waals surface area contributed by atoms with Crippen molar-refractivity contribution in [1.82, 2.24) is 5.01 Å². The summed E-state index contributed by atoms with van der Waals surface area (Å²) in [6, 6.07) is 16.9. The summed E-state index contributed by atoms with van der Waals surface area (Å²) in [4.78, 5) is 13.1. The summed E-state index contributed by atoms with van der Waals surface area (Å²) in [5.74, 6) is -0.0354. The minimum Gasteiger partial charge on any atom is -0.284 e. The largest absolute Gasteiger partial charge is 0.284 e. The van der Waals surface area contributed by atoms with Crippen LogP contribution in [-0.4, -0.2) is 31.3 Å². The Morgan fingerprint density at radius 1 is 1.14 bits per heavy atom. The first-order valence-electron chi connectivity index (χ1n) is 9.86. The fourth-order valence-electron chi connectivity index (χ4n) is 3.62. The van der Waals surface area contributed by atoms with Gasteiger partial charge in [-0.1, -0.05) is 56.3 Å². The van der Waals surface area contributed by atoms with Crippen LogP contribution in [0.3, 0.4) is 0 Å². The first-order chi connectivity index (χ1) is 13.8. The van der Waals surface area contributed by atoms with Gasteiger partial charge in [0.1, 0.15) is 0 Å². The van der Waals surface area contributed by atoms with E-state index in [4.69, 9.17) is 5.10 Å². The van der Waals surface area contributed by atoms with Gasteiger partial charge in [0.2, 0.25) is 15.9 Å². The molecule has 0 bridgehead atoms. The predicted molar refractivity (Wildman–Crippen MR) is 116 cm³/mol. The third-order valence-corrected chi connectivity index (χ3v) is 5.76. The highest BCUT2D eigenvalue weighted by Gasteiger charge is 2.35. The second kappa shape index (κ2) is 8.78. The summed E-state index contributed by atoms with van der Waals surface area (Å²) in [5, 5.41) is 6.32. The van der Waals surface area contributed by atoms with Gasteiger partial charge < -0.3 is 0 Å². The van der Waals surface area contributed by atoms with Gasteiger partial charge in [0.15, 0.2) is 0 Å². The van der Waals surface area contributed by atoms with E-state index >= 15 is 0 Å². The van der Waals surface area contributed by atoms with Gasteiger partial charge in [0, 0.05) is 18.0 Å². The van der Waals surface area contributed by atoms with Crippen molar-refractivity contribution in [2.24, 2.45) is 11.0 Å². The van der Waals surface area contributed by atoms with Crippen molar-refractivity contribution in [3.8, 4) is 0 Å². The minimum atomic E-state index is -3.37. The minimum absolute atomic E-state index is 0.0317. The van der Waals surface area contributed by atoms with Crippen molar-refractivity contribution in [1.29, 1.82) is 0 Å². The highest BCUT2D eigenvalue weighted by Crippen LogP contribution is 2.35. The number of anilines is 1. The van der Waals surface area contributed by atoms with Crippen LogP contribution in [-0.2, 0) is 14.8 Å². The van der Waals surface area contributed by atoms with Gasteiger partial charge in [0.25, 0.3) is 0 Å². The molecule has 2 aromatic rings. The number of amides is 1. The zero-order chi connectivity index (χ0) is 21.0. The lowest BCUT2D eigenvalue weighted by atomic mass is 9.96. The van der Waals surface area contributed by atoms with E-state index in [-0.39, 0.29) is 17.9 Å². The topological polar surface area (TPSA) is 78.8 Å². The molecule has 1 amide bonds. The van der Waals surface area contributed by atoms with Gasteiger partial charge in [-0.15, -0.1) is 0 Å². The second-order valence-corrected chi connectivity index (χ2v) is 9.08. The predicted octanol–water partition coefficient (Wildman–Crippen LogP) is 4.17. The zero-order valence-electron chi connectivity index (χ0n) is 17.0. The molecule has 0 saturated carbocycles. The highest BCUT2D eigenvalue weighted by atomic mass is 32.2. The van der Waals surface area contributed by atoms with Gasteiger partial charge in [-0.2, -0.15) is 5.10 Å². The lowest BCUT2D eigenvalue weighted by molar-refractivity contribution is -0.137. The summed E-state index contributed by atoms with van der Waals surface area (Å²) in [6.07, 6.45) is 3.24. The number of carbonyl (C=O) groups is 1. The maximum atomic E-state index is 13.1. The molecule has 1 aliphatic heterocycles. The molecular formula is C22H27N3O3S. The Balaban J connectivity index is 1.96. The Morgan fingerprint density at radius 3 is 2.45 bits per heavy atom. The average molecular weight is 414 g/mol. The quantitative estimate of drug-likeness (QED) is 0.740. The number of rotatable bonds is 7. The average Bonchev–Trinajstić information content (AvgIpc) is 3.14. The van der Waals surface area contributed by atoms with Crippen molar-refractivity contribution in [3.63, 3.8) is 0 Å². The third-order valence-electron chi connectivity index (χ3n) is 5.15. The van der Waals surface area contributed by atoms with E-state index in [1.54, 1.807) is 23.2 Å². The SMILES string of the molecule is CCC(CC)C(=O)N1N=C(c2cccc(NS(C)(=O)=O)c2)C[C@@H]1c1ccccc1. The number of hydrazone groups is 1. The Labute approximate surface area is 172 Å². The summed E-state index contributed by atoms with van der Waals surface area (Å²) in [5.41, 5.74) is 3.10. The monoisotopic (exact) mass is 413 g/mol. The van der Waals surface area contributed by atoms with E-state index in [1.165, 1.54) is 0 Å². The van der Waals surface area contributed by atoms with Gasteiger partial charge in [-0.05, 0) is 36.1 Å². The molecule has 1 aliphatic rings. The Hall–Kier alpha value is -2.67. The van der Waals surface area contributed by atoms with Crippen LogP contribution in [0, 0.1) is 5.92 Å². The van der Waals surface area contributed by atoms with Crippen LogP contribution in [0.5, 0.6) is 0 Å². The fourth-order valence-corrected chi connectivity index (χ4v) is 4.18. The third kappa shape index (κ3) is 5.03. The van der Waals surface area contributed by atoms with Crippen molar-refractivity contribution in [2.45, 2.75) is 39.2 Å². The Kier molecular flexibility index (Phi) is 6.37. The molecule has 0 aromatic heterocycles. The maximum Gasteiger partial charge on any atom is 0.246 e. The van der Waals surface area contributed by atoms with E-state index in [1.807, 2.05) is 50.2 Å². The van der Waals surface area contributed by atoms with Gasteiger partial charge in [-0.25, -0.2) is 13.4 Å². The molecule has 0 aliphatic carbocycles. The highest BCUT2D eigenvalue weighted by molar-refractivity contribution is 7.92. The molecule has 0 fully saturated rings. The first kappa shape index (κ1) is 21.0. The van der Waals surface area contributed by atoms with E-state index in [0.29, 0.717) is 12.1 Å². The number of nitrogens with zero attached hydrogens (tertiary/aromatic N) is 2. The standard InChI is InChI=1S/C22H27N3O3S/c1-4-16(5-2)22(26)25-21(17-10-7-6-8-11-17)15-20(23-25)18-12-9-13-19(14-18)24-29(3,27)28/h6-14,16,21,24H,4-5,15H2,1-3H3/t21-/m1/s1. The smallest absolute Gasteiger partial charge is 0.246 e. The van der Waals surface area contributed by atoms with Gasteiger partial charge >= 0.3 is 0 Å². The molecule has 7 heteroatoms. The summed E-state index contributed by atoms with van der Waals surface area (Å²) < 4.78 is 25.6. The lowest BCUT2D eigenvalue weighted by Gasteiger charge is -2.25. The molecular weight excluding hydrogens is 386 g/mol. The second-order valence-electron chi connectivity index (χ2n) is 7.33. The number of sulfonamides is 1. The Bertz CT molecular complexity index is 999. The van der Waals surface area contributed by atoms with E-state index in [0.717, 1.165) is 35.9 Å². The van der Waals surface area contributed by atoms with Crippen molar-refractivity contribution in [2.75, 3.05) is 11.0 Å². The molecule has 0 saturated heterocycles. The maximum absolute atomic E-state index is 13.1. The molecule has 154 valence electrons. The molecule has 0 unspecified atom stereocenters. The lowest BCUT2D eigenvalue weighted by Crippen LogP contribution is -2.32. The molecule has 3 rings (SSSR count). The molecule has 29 heavy (non-hydrogen) atoms. The van der Waals surface area contributed by atoms with Crippen LogP contribution in [0.4, 0.5) is 5.69 Å². The van der Waals surface area contributed by atoms with Crippen molar-refractivity contribution < 1.29 is 13.2 Å². The van der Waals surface area contributed by atoms with Gasteiger partial charge in [0.05, 0.1) is 18.0 Å².